The summed E-state index contributed by atoms with van der Waals surface area (Å²) in [7, 11) is -3.71. The van der Waals surface area contributed by atoms with Gasteiger partial charge in [0.15, 0.2) is 9.34 Å². The van der Waals surface area contributed by atoms with Crippen LogP contribution in [0.25, 0.3) is 0 Å². The molecule has 0 aliphatic carbocycles. The summed E-state index contributed by atoms with van der Waals surface area (Å²) in [4.78, 5) is 4.03. The Bertz CT molecular complexity index is 793. The van der Waals surface area contributed by atoms with E-state index in [-0.39, 0.29) is 9.81 Å². The second-order valence-corrected chi connectivity index (χ2v) is 9.03. The second-order valence-electron chi connectivity index (χ2n) is 6.21. The number of nitrogens with zero attached hydrogens (tertiary/aromatic N) is 1. The monoisotopic (exact) mass is 355 g/mol. The number of primary sulfonamides is 1. The summed E-state index contributed by atoms with van der Waals surface area (Å²) in [5, 5.41) is 8.69. The Kier molecular flexibility index (Phi) is 4.98. The normalized spacial score (nSPS) is 12.2. The lowest BCUT2D eigenvalue weighted by Gasteiger charge is -2.23. The van der Waals surface area contributed by atoms with E-state index in [9.17, 15) is 8.42 Å². The van der Waals surface area contributed by atoms with E-state index in [1.807, 2.05) is 45.9 Å². The molecule has 0 aliphatic heterocycles. The van der Waals surface area contributed by atoms with Crippen LogP contribution < -0.4 is 15.2 Å². The Labute approximate surface area is 140 Å². The average molecular weight is 355 g/mol. The van der Waals surface area contributed by atoms with Crippen molar-refractivity contribution in [3.63, 3.8) is 0 Å². The van der Waals surface area contributed by atoms with Crippen molar-refractivity contribution in [1.82, 2.24) is 4.98 Å². The first-order chi connectivity index (χ1) is 10.5. The first-order valence-corrected chi connectivity index (χ1v) is 9.42. The van der Waals surface area contributed by atoms with E-state index < -0.39 is 10.0 Å². The van der Waals surface area contributed by atoms with Crippen molar-refractivity contribution in [3.8, 4) is 5.75 Å². The zero-order valence-corrected chi connectivity index (χ0v) is 15.2. The molecule has 0 amide bonds. The van der Waals surface area contributed by atoms with Crippen molar-refractivity contribution in [2.75, 3.05) is 5.32 Å². The second kappa shape index (κ2) is 6.46. The molecule has 0 bridgehead atoms. The molecular weight excluding hydrogens is 334 g/mol. The van der Waals surface area contributed by atoms with Crippen molar-refractivity contribution in [2.45, 2.75) is 44.0 Å². The molecule has 0 unspecified atom stereocenters. The number of thiazole rings is 1. The number of aryl methyl sites for hydroxylation is 1. The van der Waals surface area contributed by atoms with Crippen LogP contribution in [0.5, 0.6) is 5.75 Å². The number of nitrogens with one attached hydrogen (secondary N) is 1. The van der Waals surface area contributed by atoms with Gasteiger partial charge < -0.3 is 10.1 Å². The lowest BCUT2D eigenvalue weighted by Crippen LogP contribution is -2.24. The van der Waals surface area contributed by atoms with Crippen LogP contribution in [0.2, 0.25) is 0 Å². The Morgan fingerprint density at radius 1 is 1.35 bits per heavy atom. The van der Waals surface area contributed by atoms with Crippen LogP contribution in [0.1, 0.15) is 31.9 Å². The predicted molar refractivity (Wildman–Crippen MR) is 92.4 cm³/mol. The van der Waals surface area contributed by atoms with E-state index in [1.165, 1.54) is 6.20 Å². The molecule has 0 saturated carbocycles. The third-order valence-corrected chi connectivity index (χ3v) is 5.20. The molecule has 2 rings (SSSR count). The Hall–Kier alpha value is -1.64. The molecule has 0 saturated heterocycles. The highest BCUT2D eigenvalue weighted by Crippen LogP contribution is 2.27. The number of hydrogen-bond acceptors (Lipinski definition) is 6. The molecule has 3 N–H and O–H groups in total. The van der Waals surface area contributed by atoms with E-state index in [0.29, 0.717) is 11.7 Å². The summed E-state index contributed by atoms with van der Waals surface area (Å²) in [6, 6.07) is 5.97. The van der Waals surface area contributed by atoms with Gasteiger partial charge in [-0.2, -0.15) is 0 Å². The zero-order valence-electron chi connectivity index (χ0n) is 13.6. The summed E-state index contributed by atoms with van der Waals surface area (Å²) in [5.41, 5.74) is 1.78. The van der Waals surface area contributed by atoms with E-state index >= 15 is 0 Å². The Morgan fingerprint density at radius 2 is 2.04 bits per heavy atom. The molecule has 2 aromatic rings. The van der Waals surface area contributed by atoms with Gasteiger partial charge >= 0.3 is 0 Å². The number of ether oxygens (including phenoxy) is 1. The van der Waals surface area contributed by atoms with Gasteiger partial charge in [-0.3, -0.25) is 0 Å². The van der Waals surface area contributed by atoms with E-state index in [4.69, 9.17) is 9.88 Å². The van der Waals surface area contributed by atoms with E-state index in [2.05, 4.69) is 10.3 Å². The van der Waals surface area contributed by atoms with Crippen LogP contribution in [0.4, 0.5) is 5.13 Å². The molecule has 0 aliphatic rings. The molecule has 8 heteroatoms. The van der Waals surface area contributed by atoms with Crippen molar-refractivity contribution < 1.29 is 13.2 Å². The van der Waals surface area contributed by atoms with Crippen molar-refractivity contribution in [2.24, 2.45) is 5.14 Å². The fourth-order valence-corrected chi connectivity index (χ4v) is 3.32. The SMILES string of the molecule is Cc1ccc(CNc2ncc(S(N)(=O)=O)s2)c(OC(C)(C)C)c1. The van der Waals surface area contributed by atoms with Crippen LogP contribution >= 0.6 is 11.3 Å². The lowest BCUT2D eigenvalue weighted by atomic mass is 10.1. The maximum absolute atomic E-state index is 11.3. The van der Waals surface area contributed by atoms with Gasteiger partial charge in [0.05, 0.1) is 6.20 Å². The predicted octanol–water partition coefficient (Wildman–Crippen LogP) is 2.89. The lowest BCUT2D eigenvalue weighted by molar-refractivity contribution is 0.129. The van der Waals surface area contributed by atoms with Gasteiger partial charge in [0.25, 0.3) is 0 Å². The largest absolute Gasteiger partial charge is 0.488 e. The topological polar surface area (TPSA) is 94.3 Å². The minimum absolute atomic E-state index is 0.0371. The Balaban J connectivity index is 2.16. The molecule has 1 heterocycles. The van der Waals surface area contributed by atoms with E-state index in [0.717, 1.165) is 28.2 Å². The number of hydrogen-bond donors (Lipinski definition) is 2. The maximum atomic E-state index is 11.3. The number of benzene rings is 1. The van der Waals surface area contributed by atoms with Crippen LogP contribution in [0.15, 0.2) is 28.6 Å². The summed E-state index contributed by atoms with van der Waals surface area (Å²) in [6.45, 7) is 8.46. The van der Waals surface area contributed by atoms with Gasteiger partial charge in [-0.1, -0.05) is 23.5 Å². The molecule has 1 aromatic carbocycles. The molecule has 23 heavy (non-hydrogen) atoms. The van der Waals surface area contributed by atoms with Crippen molar-refractivity contribution in [3.05, 3.63) is 35.5 Å². The highest BCUT2D eigenvalue weighted by Gasteiger charge is 2.16. The summed E-state index contributed by atoms with van der Waals surface area (Å²) in [6.07, 6.45) is 1.25. The fraction of sp³-hybridized carbons (Fsp3) is 0.400. The van der Waals surface area contributed by atoms with Gasteiger partial charge in [0.2, 0.25) is 10.0 Å². The zero-order chi connectivity index (χ0) is 17.3. The molecule has 0 spiro atoms. The molecule has 0 atom stereocenters. The highest BCUT2D eigenvalue weighted by atomic mass is 32.2. The molecule has 6 nitrogen and oxygen atoms in total. The molecular formula is C15H21N3O3S2. The van der Waals surface area contributed by atoms with Crippen molar-refractivity contribution >= 4 is 26.5 Å². The van der Waals surface area contributed by atoms with Crippen molar-refractivity contribution in [1.29, 1.82) is 0 Å². The quantitative estimate of drug-likeness (QED) is 0.860. The molecule has 0 fully saturated rings. The third-order valence-electron chi connectivity index (χ3n) is 2.83. The van der Waals surface area contributed by atoms with Crippen LogP contribution in [0.3, 0.4) is 0 Å². The standard InChI is InChI=1S/C15H21N3O3S2/c1-10-5-6-11(12(7-10)21-15(2,3)4)8-17-14-18-9-13(22-14)23(16,19)20/h5-7,9H,8H2,1-4H3,(H,17,18)(H2,16,19,20). The number of sulfonamides is 1. The minimum Gasteiger partial charge on any atom is -0.488 e. The van der Waals surface area contributed by atoms with Crippen LogP contribution in [-0.4, -0.2) is 19.0 Å². The number of nitrogens with two attached hydrogens (primary N) is 1. The van der Waals surface area contributed by atoms with Gasteiger partial charge in [0, 0.05) is 12.1 Å². The Morgan fingerprint density at radius 3 is 2.61 bits per heavy atom. The molecule has 126 valence electrons. The van der Waals surface area contributed by atoms with Gasteiger partial charge in [0.1, 0.15) is 11.4 Å². The first-order valence-electron chi connectivity index (χ1n) is 7.06. The van der Waals surface area contributed by atoms with Gasteiger partial charge in [-0.15, -0.1) is 0 Å². The summed E-state index contributed by atoms with van der Waals surface area (Å²) >= 11 is 1.01. The summed E-state index contributed by atoms with van der Waals surface area (Å²) in [5.74, 6) is 0.799. The smallest absolute Gasteiger partial charge is 0.249 e. The van der Waals surface area contributed by atoms with Crippen LogP contribution in [-0.2, 0) is 16.6 Å². The minimum atomic E-state index is -3.71. The third kappa shape index (κ3) is 5.19. The number of rotatable bonds is 5. The maximum Gasteiger partial charge on any atom is 0.249 e. The van der Waals surface area contributed by atoms with E-state index in [1.54, 1.807) is 0 Å². The fourth-order valence-electron chi connectivity index (χ4n) is 1.88. The molecule has 0 radical (unpaired) electrons. The number of anilines is 1. The number of aromatic nitrogens is 1. The first kappa shape index (κ1) is 17.7. The average Bonchev–Trinajstić information content (AvgIpc) is 2.84. The van der Waals surface area contributed by atoms with Gasteiger partial charge in [-0.25, -0.2) is 18.5 Å². The summed E-state index contributed by atoms with van der Waals surface area (Å²) < 4.78 is 28.6. The highest BCUT2D eigenvalue weighted by molar-refractivity contribution is 7.91. The van der Waals surface area contributed by atoms with Gasteiger partial charge in [-0.05, 0) is 39.3 Å². The van der Waals surface area contributed by atoms with Crippen LogP contribution in [0, 0.1) is 6.92 Å². The molecule has 1 aromatic heterocycles.